The van der Waals surface area contributed by atoms with Crippen LogP contribution in [0, 0.1) is 5.92 Å². The molecule has 3 rings (SSSR count). The minimum Gasteiger partial charge on any atom is -0.369 e. The van der Waals surface area contributed by atoms with Gasteiger partial charge in [0, 0.05) is 50.0 Å². The standard InChI is InChI=1S/C20H32ClN5/c1-3-9-25-10-7-16(14-25)13-23-20(22-2)24-18-8-11-26(15-18)19-6-4-5-17(21)12-19/h4-6,12,16,18H,3,7-11,13-15H2,1-2H3,(H2,22,23,24). The molecule has 2 aliphatic rings. The summed E-state index contributed by atoms with van der Waals surface area (Å²) >= 11 is 6.13. The molecule has 2 fully saturated rings. The third-order valence-corrected chi connectivity index (χ3v) is 5.63. The minimum absolute atomic E-state index is 0.417. The molecule has 0 amide bonds. The Balaban J connectivity index is 1.43. The average molecular weight is 378 g/mol. The fourth-order valence-corrected chi connectivity index (χ4v) is 4.20. The molecule has 5 nitrogen and oxygen atoms in total. The van der Waals surface area contributed by atoms with E-state index in [0.717, 1.165) is 43.0 Å². The number of hydrogen-bond acceptors (Lipinski definition) is 3. The van der Waals surface area contributed by atoms with Gasteiger partial charge in [-0.1, -0.05) is 24.6 Å². The number of aliphatic imine (C=N–C) groups is 1. The molecule has 6 heteroatoms. The van der Waals surface area contributed by atoms with E-state index in [9.17, 15) is 0 Å². The summed E-state index contributed by atoms with van der Waals surface area (Å²) in [6.07, 6.45) is 3.64. The summed E-state index contributed by atoms with van der Waals surface area (Å²) in [5, 5.41) is 7.92. The molecule has 0 bridgehead atoms. The first-order valence-electron chi connectivity index (χ1n) is 9.88. The van der Waals surface area contributed by atoms with Crippen LogP contribution in [-0.2, 0) is 0 Å². The summed E-state index contributed by atoms with van der Waals surface area (Å²) in [7, 11) is 1.86. The maximum atomic E-state index is 6.13. The first-order valence-corrected chi connectivity index (χ1v) is 10.3. The first-order chi connectivity index (χ1) is 12.7. The number of nitrogens with zero attached hydrogens (tertiary/aromatic N) is 3. The van der Waals surface area contributed by atoms with E-state index in [4.69, 9.17) is 11.6 Å². The van der Waals surface area contributed by atoms with Crippen molar-refractivity contribution in [3.8, 4) is 0 Å². The average Bonchev–Trinajstić information content (AvgIpc) is 3.28. The Kier molecular flexibility index (Phi) is 7.03. The van der Waals surface area contributed by atoms with Gasteiger partial charge in [0.25, 0.3) is 0 Å². The van der Waals surface area contributed by atoms with Gasteiger partial charge in [-0.15, -0.1) is 0 Å². The van der Waals surface area contributed by atoms with Crippen molar-refractivity contribution in [3.05, 3.63) is 29.3 Å². The van der Waals surface area contributed by atoms with Crippen LogP contribution in [0.2, 0.25) is 5.02 Å². The molecule has 2 saturated heterocycles. The number of guanidine groups is 1. The van der Waals surface area contributed by atoms with Crippen molar-refractivity contribution in [1.82, 2.24) is 15.5 Å². The van der Waals surface area contributed by atoms with E-state index in [1.54, 1.807) is 0 Å². The van der Waals surface area contributed by atoms with Crippen LogP contribution in [0.15, 0.2) is 29.3 Å². The molecule has 0 aliphatic carbocycles. The van der Waals surface area contributed by atoms with Gasteiger partial charge in [-0.3, -0.25) is 4.99 Å². The lowest BCUT2D eigenvalue weighted by atomic mass is 10.1. The van der Waals surface area contributed by atoms with Crippen molar-refractivity contribution in [2.45, 2.75) is 32.2 Å². The molecule has 0 radical (unpaired) electrons. The largest absolute Gasteiger partial charge is 0.369 e. The van der Waals surface area contributed by atoms with Gasteiger partial charge in [0.1, 0.15) is 0 Å². The second-order valence-corrected chi connectivity index (χ2v) is 7.90. The molecular formula is C20H32ClN5. The van der Waals surface area contributed by atoms with E-state index in [2.05, 4.69) is 38.4 Å². The molecule has 0 spiro atoms. The summed E-state index contributed by atoms with van der Waals surface area (Å²) in [4.78, 5) is 9.38. The second-order valence-electron chi connectivity index (χ2n) is 7.46. The van der Waals surface area contributed by atoms with Crippen LogP contribution in [-0.4, -0.2) is 63.2 Å². The van der Waals surface area contributed by atoms with Gasteiger partial charge in [0.15, 0.2) is 5.96 Å². The van der Waals surface area contributed by atoms with E-state index in [1.807, 2.05) is 25.2 Å². The first kappa shape index (κ1) is 19.3. The number of likely N-dealkylation sites (tertiary alicyclic amines) is 1. The maximum absolute atomic E-state index is 6.13. The fraction of sp³-hybridized carbons (Fsp3) is 0.650. The smallest absolute Gasteiger partial charge is 0.191 e. The molecule has 26 heavy (non-hydrogen) atoms. The normalized spacial score (nSPS) is 24.3. The van der Waals surface area contributed by atoms with Crippen LogP contribution < -0.4 is 15.5 Å². The Morgan fingerprint density at radius 3 is 2.92 bits per heavy atom. The third-order valence-electron chi connectivity index (χ3n) is 5.39. The van der Waals surface area contributed by atoms with Crippen LogP contribution in [0.3, 0.4) is 0 Å². The minimum atomic E-state index is 0.417. The zero-order chi connectivity index (χ0) is 18.4. The maximum Gasteiger partial charge on any atom is 0.191 e. The number of anilines is 1. The molecule has 144 valence electrons. The van der Waals surface area contributed by atoms with Crippen LogP contribution in [0.25, 0.3) is 0 Å². The number of nitrogens with one attached hydrogen (secondary N) is 2. The second kappa shape index (κ2) is 9.47. The summed E-state index contributed by atoms with van der Waals surface area (Å²) in [6.45, 7) is 8.97. The lowest BCUT2D eigenvalue weighted by molar-refractivity contribution is 0.324. The molecule has 0 saturated carbocycles. The van der Waals surface area contributed by atoms with Crippen LogP contribution in [0.4, 0.5) is 5.69 Å². The van der Waals surface area contributed by atoms with Crippen molar-refractivity contribution in [2.24, 2.45) is 10.9 Å². The summed E-state index contributed by atoms with van der Waals surface area (Å²) < 4.78 is 0. The SMILES string of the molecule is CCCN1CCC(CNC(=NC)NC2CCN(c3cccc(Cl)c3)C2)C1. The van der Waals surface area contributed by atoms with Gasteiger partial charge in [0.05, 0.1) is 0 Å². The molecule has 1 aromatic carbocycles. The van der Waals surface area contributed by atoms with Crippen molar-refractivity contribution in [1.29, 1.82) is 0 Å². The van der Waals surface area contributed by atoms with E-state index >= 15 is 0 Å². The third kappa shape index (κ3) is 5.27. The van der Waals surface area contributed by atoms with E-state index in [0.29, 0.717) is 6.04 Å². The number of rotatable bonds is 6. The van der Waals surface area contributed by atoms with Crippen molar-refractivity contribution in [2.75, 3.05) is 51.2 Å². The highest BCUT2D eigenvalue weighted by molar-refractivity contribution is 6.30. The van der Waals surface area contributed by atoms with Crippen LogP contribution in [0.1, 0.15) is 26.2 Å². The van der Waals surface area contributed by atoms with Crippen LogP contribution >= 0.6 is 11.6 Å². The lowest BCUT2D eigenvalue weighted by Gasteiger charge is -2.21. The Labute approximate surface area is 162 Å². The van der Waals surface area contributed by atoms with Gasteiger partial charge in [-0.25, -0.2) is 0 Å². The van der Waals surface area contributed by atoms with Crippen LogP contribution in [0.5, 0.6) is 0 Å². The zero-order valence-electron chi connectivity index (χ0n) is 16.0. The predicted octanol–water partition coefficient (Wildman–Crippen LogP) is 2.82. The van der Waals surface area contributed by atoms with Gasteiger partial charge in [0.2, 0.25) is 0 Å². The molecule has 0 aromatic heterocycles. The quantitative estimate of drug-likeness (QED) is 0.591. The number of hydrogen-bond donors (Lipinski definition) is 2. The lowest BCUT2D eigenvalue weighted by Crippen LogP contribution is -2.46. The van der Waals surface area contributed by atoms with Gasteiger partial charge in [-0.05, 0) is 56.5 Å². The Hall–Kier alpha value is -1.46. The topological polar surface area (TPSA) is 42.9 Å². The van der Waals surface area contributed by atoms with Gasteiger partial charge >= 0.3 is 0 Å². The number of halogens is 1. The molecule has 2 N–H and O–H groups in total. The predicted molar refractivity (Wildman–Crippen MR) is 111 cm³/mol. The highest BCUT2D eigenvalue weighted by Gasteiger charge is 2.25. The highest BCUT2D eigenvalue weighted by atomic mass is 35.5. The molecule has 2 aliphatic heterocycles. The summed E-state index contributed by atoms with van der Waals surface area (Å²) in [5.41, 5.74) is 1.20. The molecular weight excluding hydrogens is 346 g/mol. The Morgan fingerprint density at radius 1 is 1.27 bits per heavy atom. The van der Waals surface area contributed by atoms with E-state index in [1.165, 1.54) is 38.2 Å². The van der Waals surface area contributed by atoms with Crippen molar-refractivity contribution < 1.29 is 0 Å². The van der Waals surface area contributed by atoms with E-state index < -0.39 is 0 Å². The molecule has 2 atom stereocenters. The monoisotopic (exact) mass is 377 g/mol. The highest BCUT2D eigenvalue weighted by Crippen LogP contribution is 2.23. The fourth-order valence-electron chi connectivity index (χ4n) is 4.01. The summed E-state index contributed by atoms with van der Waals surface area (Å²) in [6, 6.07) is 8.53. The van der Waals surface area contributed by atoms with Gasteiger partial charge in [-0.2, -0.15) is 0 Å². The number of benzene rings is 1. The molecule has 1 aromatic rings. The van der Waals surface area contributed by atoms with E-state index in [-0.39, 0.29) is 0 Å². The molecule has 2 unspecified atom stereocenters. The van der Waals surface area contributed by atoms with Crippen molar-refractivity contribution in [3.63, 3.8) is 0 Å². The summed E-state index contributed by atoms with van der Waals surface area (Å²) in [5.74, 6) is 1.66. The Bertz CT molecular complexity index is 606. The Morgan fingerprint density at radius 2 is 2.15 bits per heavy atom. The molecule has 2 heterocycles. The zero-order valence-corrected chi connectivity index (χ0v) is 16.8. The van der Waals surface area contributed by atoms with Crippen molar-refractivity contribution >= 4 is 23.2 Å². The van der Waals surface area contributed by atoms with Gasteiger partial charge < -0.3 is 20.4 Å².